The molecule has 0 bridgehead atoms. The van der Waals surface area contributed by atoms with Crippen molar-refractivity contribution in [3.63, 3.8) is 0 Å². The Hall–Kier alpha value is -2.47. The Balaban J connectivity index is 2.16. The first-order chi connectivity index (χ1) is 12.2. The number of aliphatic hydroxyl groups excluding tert-OH is 1. The SMILES string of the molecule is CC(C)(C)CN(C[C@@H](O)c1ccccc1)C(=O)Nc1ccc(F)cc1F. The van der Waals surface area contributed by atoms with Crippen molar-refractivity contribution in [2.75, 3.05) is 18.4 Å². The zero-order chi connectivity index (χ0) is 19.3. The van der Waals surface area contributed by atoms with Crippen molar-refractivity contribution in [2.45, 2.75) is 26.9 Å². The van der Waals surface area contributed by atoms with Crippen LogP contribution < -0.4 is 5.32 Å². The molecule has 0 heterocycles. The Morgan fingerprint density at radius 1 is 1.15 bits per heavy atom. The quantitative estimate of drug-likeness (QED) is 0.818. The lowest BCUT2D eigenvalue weighted by atomic mass is 9.95. The second-order valence-corrected chi connectivity index (χ2v) is 7.42. The summed E-state index contributed by atoms with van der Waals surface area (Å²) in [5.41, 5.74) is 0.353. The number of carbonyl (C=O) groups is 1. The Morgan fingerprint density at radius 2 is 1.81 bits per heavy atom. The molecular weight excluding hydrogens is 338 g/mol. The van der Waals surface area contributed by atoms with Crippen molar-refractivity contribution >= 4 is 11.7 Å². The minimum atomic E-state index is -0.873. The molecule has 2 aromatic rings. The number of nitrogens with one attached hydrogen (secondary N) is 1. The van der Waals surface area contributed by atoms with Gasteiger partial charge in [0.2, 0.25) is 0 Å². The summed E-state index contributed by atoms with van der Waals surface area (Å²) in [7, 11) is 0. The van der Waals surface area contributed by atoms with E-state index in [4.69, 9.17) is 0 Å². The van der Waals surface area contributed by atoms with Crippen LogP contribution in [0.1, 0.15) is 32.4 Å². The van der Waals surface area contributed by atoms with Gasteiger partial charge in [-0.2, -0.15) is 0 Å². The van der Waals surface area contributed by atoms with Gasteiger partial charge in [0, 0.05) is 12.6 Å². The molecular formula is C20H24F2N2O2. The number of rotatable bonds is 5. The fourth-order valence-electron chi connectivity index (χ4n) is 2.57. The van der Waals surface area contributed by atoms with Gasteiger partial charge in [0.25, 0.3) is 0 Å². The highest BCUT2D eigenvalue weighted by Gasteiger charge is 2.24. The number of anilines is 1. The average molecular weight is 362 g/mol. The van der Waals surface area contributed by atoms with Gasteiger partial charge in [-0.1, -0.05) is 51.1 Å². The predicted octanol–water partition coefficient (Wildman–Crippen LogP) is 4.58. The number of hydrogen-bond acceptors (Lipinski definition) is 2. The maximum absolute atomic E-state index is 13.8. The molecule has 0 unspecified atom stereocenters. The predicted molar refractivity (Wildman–Crippen MR) is 97.8 cm³/mol. The molecule has 2 rings (SSSR count). The second-order valence-electron chi connectivity index (χ2n) is 7.42. The van der Waals surface area contributed by atoms with Crippen molar-refractivity contribution in [1.29, 1.82) is 0 Å². The van der Waals surface area contributed by atoms with Crippen LogP contribution in [0.4, 0.5) is 19.3 Å². The number of carbonyl (C=O) groups excluding carboxylic acids is 1. The minimum absolute atomic E-state index is 0.0515. The first-order valence-corrected chi connectivity index (χ1v) is 8.40. The van der Waals surface area contributed by atoms with Gasteiger partial charge in [-0.15, -0.1) is 0 Å². The van der Waals surface area contributed by atoms with Crippen molar-refractivity contribution in [3.05, 3.63) is 65.7 Å². The van der Waals surface area contributed by atoms with E-state index >= 15 is 0 Å². The summed E-state index contributed by atoms with van der Waals surface area (Å²) >= 11 is 0. The first-order valence-electron chi connectivity index (χ1n) is 8.40. The highest BCUT2D eigenvalue weighted by atomic mass is 19.1. The molecule has 2 amide bonds. The van der Waals surface area contributed by atoms with Crippen LogP contribution in [-0.2, 0) is 0 Å². The minimum Gasteiger partial charge on any atom is -0.387 e. The lowest BCUT2D eigenvalue weighted by Gasteiger charge is -2.31. The topological polar surface area (TPSA) is 52.6 Å². The van der Waals surface area contributed by atoms with Crippen molar-refractivity contribution in [1.82, 2.24) is 4.90 Å². The van der Waals surface area contributed by atoms with Crippen molar-refractivity contribution in [2.24, 2.45) is 5.41 Å². The molecule has 0 aliphatic rings. The van der Waals surface area contributed by atoms with Gasteiger partial charge in [-0.05, 0) is 23.1 Å². The Labute approximate surface area is 152 Å². The molecule has 0 spiro atoms. The summed E-state index contributed by atoms with van der Waals surface area (Å²) in [6.07, 6.45) is -0.873. The maximum atomic E-state index is 13.8. The molecule has 0 aliphatic heterocycles. The third kappa shape index (κ3) is 5.81. The summed E-state index contributed by atoms with van der Waals surface area (Å²) in [6.45, 7) is 6.28. The highest BCUT2D eigenvalue weighted by molar-refractivity contribution is 5.89. The normalized spacial score (nSPS) is 12.5. The molecule has 0 aliphatic carbocycles. The van der Waals surface area contributed by atoms with Gasteiger partial charge in [-0.25, -0.2) is 13.6 Å². The van der Waals surface area contributed by atoms with E-state index < -0.39 is 23.8 Å². The van der Waals surface area contributed by atoms with Crippen LogP contribution in [-0.4, -0.2) is 29.1 Å². The van der Waals surface area contributed by atoms with Crippen LogP contribution in [0.5, 0.6) is 0 Å². The van der Waals surface area contributed by atoms with Crippen molar-refractivity contribution < 1.29 is 18.7 Å². The maximum Gasteiger partial charge on any atom is 0.322 e. The third-order valence-corrected chi connectivity index (χ3v) is 3.70. The van der Waals surface area contributed by atoms with E-state index in [1.165, 1.54) is 11.0 Å². The molecule has 0 saturated heterocycles. The zero-order valence-corrected chi connectivity index (χ0v) is 15.2. The fourth-order valence-corrected chi connectivity index (χ4v) is 2.57. The number of nitrogens with zero attached hydrogens (tertiary/aromatic N) is 1. The number of hydrogen-bond donors (Lipinski definition) is 2. The van der Waals surface area contributed by atoms with E-state index in [0.29, 0.717) is 18.2 Å². The summed E-state index contributed by atoms with van der Waals surface area (Å²) in [5.74, 6) is -1.57. The molecule has 0 aromatic heterocycles. The molecule has 6 heteroatoms. The molecule has 4 nitrogen and oxygen atoms in total. The summed E-state index contributed by atoms with van der Waals surface area (Å²) in [5, 5.41) is 12.9. The number of halogens is 2. The van der Waals surface area contributed by atoms with Crippen molar-refractivity contribution in [3.8, 4) is 0 Å². The summed E-state index contributed by atoms with van der Waals surface area (Å²) < 4.78 is 26.8. The van der Waals surface area contributed by atoms with Crippen LogP contribution in [0.15, 0.2) is 48.5 Å². The van der Waals surface area contributed by atoms with Crippen LogP contribution in [0.3, 0.4) is 0 Å². The Bertz CT molecular complexity index is 745. The molecule has 0 fully saturated rings. The number of amides is 2. The lowest BCUT2D eigenvalue weighted by molar-refractivity contribution is 0.110. The monoisotopic (exact) mass is 362 g/mol. The molecule has 2 aromatic carbocycles. The Morgan fingerprint density at radius 3 is 2.38 bits per heavy atom. The van der Waals surface area contributed by atoms with Gasteiger partial charge in [-0.3, -0.25) is 0 Å². The smallest absolute Gasteiger partial charge is 0.322 e. The van der Waals surface area contributed by atoms with E-state index in [0.717, 1.165) is 6.07 Å². The third-order valence-electron chi connectivity index (χ3n) is 3.70. The zero-order valence-electron chi connectivity index (χ0n) is 15.2. The Kier molecular flexibility index (Phi) is 6.32. The molecule has 1 atom stereocenters. The van der Waals surface area contributed by atoms with Gasteiger partial charge in [0.05, 0.1) is 18.3 Å². The van der Waals surface area contributed by atoms with E-state index in [1.807, 2.05) is 26.8 Å². The van der Waals surface area contributed by atoms with E-state index in [1.54, 1.807) is 24.3 Å². The average Bonchev–Trinajstić information content (AvgIpc) is 2.56. The standard InChI is InChI=1S/C20H24F2N2O2/c1-20(2,3)13-24(12-18(25)14-7-5-4-6-8-14)19(26)23-17-10-9-15(21)11-16(17)22/h4-11,18,25H,12-13H2,1-3H3,(H,23,26)/t18-/m1/s1. The van der Waals surface area contributed by atoms with Crippen LogP contribution >= 0.6 is 0 Å². The van der Waals surface area contributed by atoms with Gasteiger partial charge in [0.15, 0.2) is 0 Å². The summed E-state index contributed by atoms with van der Waals surface area (Å²) in [4.78, 5) is 14.1. The molecule has 0 saturated carbocycles. The molecule has 140 valence electrons. The highest BCUT2D eigenvalue weighted by Crippen LogP contribution is 2.21. The van der Waals surface area contributed by atoms with Gasteiger partial charge < -0.3 is 15.3 Å². The number of urea groups is 1. The number of aliphatic hydroxyl groups is 1. The number of benzene rings is 2. The fraction of sp³-hybridized carbons (Fsp3) is 0.350. The molecule has 2 N–H and O–H groups in total. The van der Waals surface area contributed by atoms with E-state index in [9.17, 15) is 18.7 Å². The van der Waals surface area contributed by atoms with Crippen LogP contribution in [0.2, 0.25) is 0 Å². The van der Waals surface area contributed by atoms with Crippen LogP contribution in [0.25, 0.3) is 0 Å². The van der Waals surface area contributed by atoms with Gasteiger partial charge >= 0.3 is 6.03 Å². The van der Waals surface area contributed by atoms with Crippen LogP contribution in [0, 0.1) is 17.0 Å². The lowest BCUT2D eigenvalue weighted by Crippen LogP contribution is -2.42. The first kappa shape index (κ1) is 19.8. The largest absolute Gasteiger partial charge is 0.387 e. The second kappa shape index (κ2) is 8.27. The molecule has 26 heavy (non-hydrogen) atoms. The van der Waals surface area contributed by atoms with E-state index in [-0.39, 0.29) is 17.6 Å². The van der Waals surface area contributed by atoms with Gasteiger partial charge in [0.1, 0.15) is 11.6 Å². The molecule has 0 radical (unpaired) electrons. The van der Waals surface area contributed by atoms with E-state index in [2.05, 4.69) is 5.32 Å². The summed E-state index contributed by atoms with van der Waals surface area (Å²) in [6, 6.07) is 11.4.